The van der Waals surface area contributed by atoms with Gasteiger partial charge in [0.05, 0.1) is 0 Å². The predicted molar refractivity (Wildman–Crippen MR) is 212 cm³/mol. The van der Waals surface area contributed by atoms with Gasteiger partial charge in [0.1, 0.15) is 0 Å². The van der Waals surface area contributed by atoms with Gasteiger partial charge in [0.25, 0.3) is 0 Å². The van der Waals surface area contributed by atoms with Crippen molar-refractivity contribution in [3.8, 4) is 0 Å². The minimum Gasteiger partial charge on any atom is -0.343 e. The van der Waals surface area contributed by atoms with Crippen LogP contribution in [0.3, 0.4) is 0 Å². The molecular weight excluding hydrogens is 572 g/mol. The van der Waals surface area contributed by atoms with Crippen LogP contribution in [0.4, 0.5) is 0 Å². The molecular formula is C44H80N2O. The van der Waals surface area contributed by atoms with E-state index in [0.29, 0.717) is 18.4 Å². The summed E-state index contributed by atoms with van der Waals surface area (Å²) in [6.45, 7) is 5.43. The molecule has 3 heteroatoms. The van der Waals surface area contributed by atoms with Gasteiger partial charge in [-0.05, 0) is 104 Å². The zero-order chi connectivity index (χ0) is 34.5. The van der Waals surface area contributed by atoms with Crippen LogP contribution in [0, 0.1) is 0 Å². The van der Waals surface area contributed by atoms with Gasteiger partial charge in [-0.2, -0.15) is 0 Å². The minimum absolute atomic E-state index is 0.341. The zero-order valence-electron chi connectivity index (χ0n) is 32.2. The molecule has 0 fully saturated rings. The van der Waals surface area contributed by atoms with E-state index in [1.54, 1.807) is 0 Å². The SMILES string of the molecule is CC/C=C\C/C=C\C/C=C\CCCCCCCCC(CCCCCCCC/C=C\C/C=C\CCCCC)N(C)C(=O)CCCN(C)C. The Morgan fingerprint density at radius 3 is 1.34 bits per heavy atom. The lowest BCUT2D eigenvalue weighted by atomic mass is 9.98. The van der Waals surface area contributed by atoms with E-state index in [0.717, 1.165) is 38.6 Å². The minimum atomic E-state index is 0.341. The van der Waals surface area contributed by atoms with E-state index in [-0.39, 0.29) is 0 Å². The molecule has 272 valence electrons. The molecule has 1 unspecified atom stereocenters. The van der Waals surface area contributed by atoms with Crippen LogP contribution in [0.15, 0.2) is 60.8 Å². The van der Waals surface area contributed by atoms with E-state index in [4.69, 9.17) is 0 Å². The predicted octanol–water partition coefficient (Wildman–Crippen LogP) is 13.3. The van der Waals surface area contributed by atoms with Crippen LogP contribution in [-0.2, 0) is 4.79 Å². The van der Waals surface area contributed by atoms with E-state index in [1.165, 1.54) is 128 Å². The zero-order valence-corrected chi connectivity index (χ0v) is 32.2. The molecule has 1 amide bonds. The molecule has 0 aliphatic heterocycles. The number of carbonyl (C=O) groups excluding carboxylic acids is 1. The highest BCUT2D eigenvalue weighted by atomic mass is 16.2. The number of unbranched alkanes of at least 4 members (excludes halogenated alkanes) is 15. The second-order valence-electron chi connectivity index (χ2n) is 13.9. The number of rotatable bonds is 34. The fourth-order valence-electron chi connectivity index (χ4n) is 6.00. The number of hydrogen-bond acceptors (Lipinski definition) is 2. The third-order valence-corrected chi connectivity index (χ3v) is 9.11. The molecule has 0 aromatic heterocycles. The number of hydrogen-bond donors (Lipinski definition) is 0. The van der Waals surface area contributed by atoms with Crippen LogP contribution in [0.2, 0.25) is 0 Å². The summed E-state index contributed by atoms with van der Waals surface area (Å²) >= 11 is 0. The van der Waals surface area contributed by atoms with Crippen molar-refractivity contribution in [2.45, 2.75) is 187 Å². The van der Waals surface area contributed by atoms with Gasteiger partial charge in [0.15, 0.2) is 0 Å². The first-order valence-electron chi connectivity index (χ1n) is 20.2. The van der Waals surface area contributed by atoms with Gasteiger partial charge >= 0.3 is 0 Å². The monoisotopic (exact) mass is 653 g/mol. The topological polar surface area (TPSA) is 23.6 Å². The summed E-state index contributed by atoms with van der Waals surface area (Å²) in [5.74, 6) is 0.341. The first-order valence-corrected chi connectivity index (χ1v) is 20.2. The summed E-state index contributed by atoms with van der Waals surface area (Å²) in [6.07, 6.45) is 54.8. The van der Waals surface area contributed by atoms with Crippen LogP contribution in [-0.4, -0.2) is 49.4 Å². The van der Waals surface area contributed by atoms with Crippen molar-refractivity contribution in [1.29, 1.82) is 0 Å². The van der Waals surface area contributed by atoms with Crippen molar-refractivity contribution in [2.75, 3.05) is 27.7 Å². The summed E-state index contributed by atoms with van der Waals surface area (Å²) in [5.41, 5.74) is 0. The molecule has 47 heavy (non-hydrogen) atoms. The maximum absolute atomic E-state index is 13.0. The molecule has 3 nitrogen and oxygen atoms in total. The molecule has 0 radical (unpaired) electrons. The summed E-state index contributed by atoms with van der Waals surface area (Å²) < 4.78 is 0. The molecule has 0 aliphatic rings. The Bertz CT molecular complexity index is 806. The Morgan fingerprint density at radius 2 is 0.894 bits per heavy atom. The highest BCUT2D eigenvalue weighted by molar-refractivity contribution is 5.76. The van der Waals surface area contributed by atoms with E-state index in [2.05, 4.69) is 106 Å². The number of amides is 1. The van der Waals surface area contributed by atoms with E-state index in [9.17, 15) is 4.79 Å². The van der Waals surface area contributed by atoms with Crippen molar-refractivity contribution in [2.24, 2.45) is 0 Å². The van der Waals surface area contributed by atoms with Gasteiger partial charge in [0.2, 0.25) is 5.91 Å². The van der Waals surface area contributed by atoms with E-state index in [1.807, 2.05) is 0 Å². The molecule has 0 spiro atoms. The third kappa shape index (κ3) is 33.8. The fourth-order valence-corrected chi connectivity index (χ4v) is 6.00. The lowest BCUT2D eigenvalue weighted by Crippen LogP contribution is -2.37. The van der Waals surface area contributed by atoms with Crippen LogP contribution < -0.4 is 0 Å². The van der Waals surface area contributed by atoms with Crippen molar-refractivity contribution < 1.29 is 4.79 Å². The van der Waals surface area contributed by atoms with Crippen molar-refractivity contribution in [1.82, 2.24) is 9.80 Å². The second kappa shape index (κ2) is 37.0. The highest BCUT2D eigenvalue weighted by Gasteiger charge is 2.19. The molecule has 0 aliphatic carbocycles. The average molecular weight is 653 g/mol. The average Bonchev–Trinajstić information content (AvgIpc) is 3.06. The van der Waals surface area contributed by atoms with Gasteiger partial charge in [-0.3, -0.25) is 4.79 Å². The first kappa shape index (κ1) is 45.1. The quantitative estimate of drug-likeness (QED) is 0.0510. The highest BCUT2D eigenvalue weighted by Crippen LogP contribution is 2.19. The Kier molecular flexibility index (Phi) is 35.5. The van der Waals surface area contributed by atoms with Crippen molar-refractivity contribution >= 4 is 5.91 Å². The second-order valence-corrected chi connectivity index (χ2v) is 13.9. The molecule has 0 aromatic carbocycles. The molecule has 1 atom stereocenters. The van der Waals surface area contributed by atoms with Gasteiger partial charge < -0.3 is 9.80 Å². The normalized spacial score (nSPS) is 13.1. The lowest BCUT2D eigenvalue weighted by Gasteiger charge is -2.29. The number of allylic oxidation sites excluding steroid dienone is 10. The summed E-state index contributed by atoms with van der Waals surface area (Å²) in [7, 11) is 6.25. The maximum Gasteiger partial charge on any atom is 0.222 e. The van der Waals surface area contributed by atoms with Crippen LogP contribution in [0.1, 0.15) is 181 Å². The third-order valence-electron chi connectivity index (χ3n) is 9.11. The molecule has 0 N–H and O–H groups in total. The van der Waals surface area contributed by atoms with E-state index < -0.39 is 0 Å². The van der Waals surface area contributed by atoms with Gasteiger partial charge in [-0.15, -0.1) is 0 Å². The van der Waals surface area contributed by atoms with Crippen LogP contribution >= 0.6 is 0 Å². The molecule has 0 saturated heterocycles. The standard InChI is InChI=1S/C44H80N2O/c1-6-8-10-12-14-16-18-20-22-24-26-28-30-32-34-36-39-43(46(5)44(47)41-38-42-45(3)4)40-37-35-33-31-29-27-25-23-21-19-17-15-13-11-9-7-2/h8,10,14-17,20-23,43H,6-7,9,11-13,18-19,24-42H2,1-5H3/b10-8-,16-14-,17-15-,22-20-,23-21-. The smallest absolute Gasteiger partial charge is 0.222 e. The molecule has 0 saturated carbocycles. The van der Waals surface area contributed by atoms with Crippen LogP contribution in [0.5, 0.6) is 0 Å². The maximum atomic E-state index is 13.0. The summed E-state index contributed by atoms with van der Waals surface area (Å²) in [5, 5.41) is 0. The summed E-state index contributed by atoms with van der Waals surface area (Å²) in [4.78, 5) is 17.3. The lowest BCUT2D eigenvalue weighted by molar-refractivity contribution is -0.132. The largest absolute Gasteiger partial charge is 0.343 e. The Morgan fingerprint density at radius 1 is 0.489 bits per heavy atom. The fraction of sp³-hybridized carbons (Fsp3) is 0.750. The first-order chi connectivity index (χ1) is 23.0. The van der Waals surface area contributed by atoms with Crippen LogP contribution in [0.25, 0.3) is 0 Å². The number of nitrogens with zero attached hydrogens (tertiary/aromatic N) is 2. The van der Waals surface area contributed by atoms with Gasteiger partial charge in [0, 0.05) is 19.5 Å². The Hall–Kier alpha value is -1.87. The Labute approximate surface area is 295 Å². The number of carbonyl (C=O) groups is 1. The Balaban J connectivity index is 4.17. The molecule has 0 aromatic rings. The van der Waals surface area contributed by atoms with Gasteiger partial charge in [-0.25, -0.2) is 0 Å². The summed E-state index contributed by atoms with van der Waals surface area (Å²) in [6, 6.07) is 0.412. The van der Waals surface area contributed by atoms with E-state index >= 15 is 0 Å². The van der Waals surface area contributed by atoms with Crippen molar-refractivity contribution in [3.63, 3.8) is 0 Å². The molecule has 0 rings (SSSR count). The van der Waals surface area contributed by atoms with Crippen molar-refractivity contribution in [3.05, 3.63) is 60.8 Å². The van der Waals surface area contributed by atoms with Gasteiger partial charge in [-0.1, -0.05) is 152 Å². The molecule has 0 bridgehead atoms. The molecule has 0 heterocycles.